The van der Waals surface area contributed by atoms with Crippen molar-refractivity contribution in [3.63, 3.8) is 0 Å². The van der Waals surface area contributed by atoms with Crippen LogP contribution in [0.3, 0.4) is 0 Å². The van der Waals surface area contributed by atoms with E-state index >= 15 is 0 Å². The van der Waals surface area contributed by atoms with E-state index < -0.39 is 0 Å². The fourth-order valence-electron chi connectivity index (χ4n) is 1.84. The number of nitrogens with zero attached hydrogens (tertiary/aromatic N) is 1. The molecule has 0 saturated carbocycles. The van der Waals surface area contributed by atoms with Gasteiger partial charge in [-0.1, -0.05) is 6.07 Å². The number of ether oxygens (including phenoxy) is 2. The van der Waals surface area contributed by atoms with Crippen LogP contribution in [0.4, 0.5) is 4.39 Å². The van der Waals surface area contributed by atoms with Crippen LogP contribution in [0.15, 0.2) is 36.5 Å². The highest BCUT2D eigenvalue weighted by Crippen LogP contribution is 2.17. The molecule has 0 spiro atoms. The highest BCUT2D eigenvalue weighted by atomic mass is 19.1. The number of methoxy groups -OCH3 is 2. The van der Waals surface area contributed by atoms with Crippen molar-refractivity contribution < 1.29 is 13.9 Å². The zero-order valence-corrected chi connectivity index (χ0v) is 11.5. The first-order valence-electron chi connectivity index (χ1n) is 6.25. The first kappa shape index (κ1) is 14.3. The summed E-state index contributed by atoms with van der Waals surface area (Å²) in [4.78, 5) is 4.04. The molecule has 0 aliphatic carbocycles. The van der Waals surface area contributed by atoms with Gasteiger partial charge in [-0.25, -0.2) is 9.37 Å². The number of halogens is 1. The number of benzene rings is 1. The molecule has 0 amide bonds. The molecule has 106 valence electrons. The monoisotopic (exact) mass is 276 g/mol. The number of hydrogen-bond acceptors (Lipinski definition) is 4. The van der Waals surface area contributed by atoms with Crippen molar-refractivity contribution in [1.82, 2.24) is 10.3 Å². The molecule has 0 saturated heterocycles. The lowest BCUT2D eigenvalue weighted by Gasteiger charge is -2.08. The van der Waals surface area contributed by atoms with Crippen molar-refractivity contribution in [2.75, 3.05) is 14.2 Å². The van der Waals surface area contributed by atoms with Crippen LogP contribution >= 0.6 is 0 Å². The van der Waals surface area contributed by atoms with Gasteiger partial charge in [0, 0.05) is 25.4 Å². The topological polar surface area (TPSA) is 43.4 Å². The van der Waals surface area contributed by atoms with Crippen molar-refractivity contribution in [2.45, 2.75) is 13.1 Å². The molecule has 0 fully saturated rings. The molecule has 1 aromatic carbocycles. The van der Waals surface area contributed by atoms with E-state index in [1.54, 1.807) is 19.4 Å². The first-order chi connectivity index (χ1) is 9.72. The summed E-state index contributed by atoms with van der Waals surface area (Å²) in [5.74, 6) is 0.491. The Balaban J connectivity index is 1.90. The third-order valence-corrected chi connectivity index (χ3v) is 2.88. The molecule has 0 aliphatic heterocycles. The maximum Gasteiger partial charge on any atom is 0.213 e. The highest BCUT2D eigenvalue weighted by Gasteiger charge is 2.03. The Morgan fingerprint density at radius 2 is 1.80 bits per heavy atom. The normalized spacial score (nSPS) is 10.3. The smallest absolute Gasteiger partial charge is 0.213 e. The van der Waals surface area contributed by atoms with Gasteiger partial charge in [0.15, 0.2) is 11.6 Å². The van der Waals surface area contributed by atoms with Crippen LogP contribution in [0, 0.1) is 5.82 Å². The van der Waals surface area contributed by atoms with E-state index in [4.69, 9.17) is 9.47 Å². The number of rotatable bonds is 6. The molecule has 20 heavy (non-hydrogen) atoms. The van der Waals surface area contributed by atoms with E-state index in [0.717, 1.165) is 11.1 Å². The average Bonchev–Trinajstić information content (AvgIpc) is 2.48. The molecular formula is C15H17FN2O2. The fourth-order valence-corrected chi connectivity index (χ4v) is 1.84. The van der Waals surface area contributed by atoms with Crippen LogP contribution in [-0.4, -0.2) is 19.2 Å². The lowest BCUT2D eigenvalue weighted by Crippen LogP contribution is -2.13. The number of nitrogens with one attached hydrogen (secondary N) is 1. The van der Waals surface area contributed by atoms with Crippen LogP contribution in [0.25, 0.3) is 0 Å². The maximum absolute atomic E-state index is 13.5. The summed E-state index contributed by atoms with van der Waals surface area (Å²) in [6, 6.07) is 8.70. The minimum absolute atomic E-state index is 0.257. The third-order valence-electron chi connectivity index (χ3n) is 2.88. The molecule has 1 N–H and O–H groups in total. The molecule has 0 unspecified atom stereocenters. The molecular weight excluding hydrogens is 259 g/mol. The molecule has 1 heterocycles. The molecule has 0 bridgehead atoms. The number of pyridine rings is 1. The Labute approximate surface area is 117 Å². The van der Waals surface area contributed by atoms with E-state index in [0.29, 0.717) is 19.0 Å². The summed E-state index contributed by atoms with van der Waals surface area (Å²) in [5.41, 5.74) is 1.93. The first-order valence-corrected chi connectivity index (χ1v) is 6.25. The highest BCUT2D eigenvalue weighted by molar-refractivity contribution is 5.29. The SMILES string of the molecule is COc1cc(CNCc2ccc(OC)c(F)c2)ccn1. The second kappa shape index (κ2) is 6.86. The zero-order valence-electron chi connectivity index (χ0n) is 11.5. The molecule has 1 aromatic heterocycles. The van der Waals surface area contributed by atoms with E-state index in [1.807, 2.05) is 18.2 Å². The predicted molar refractivity (Wildman–Crippen MR) is 74.3 cm³/mol. The molecule has 2 aromatic rings. The minimum atomic E-state index is -0.350. The van der Waals surface area contributed by atoms with Crippen molar-refractivity contribution in [2.24, 2.45) is 0 Å². The second-order valence-corrected chi connectivity index (χ2v) is 4.28. The van der Waals surface area contributed by atoms with Gasteiger partial charge in [0.1, 0.15) is 0 Å². The Morgan fingerprint density at radius 3 is 2.45 bits per heavy atom. The standard InChI is InChI=1S/C15H17FN2O2/c1-19-14-4-3-11(7-13(14)16)9-17-10-12-5-6-18-15(8-12)20-2/h3-8,17H,9-10H2,1-2H3. The Bertz CT molecular complexity index is 576. The van der Waals surface area contributed by atoms with Crippen molar-refractivity contribution in [3.8, 4) is 11.6 Å². The lowest BCUT2D eigenvalue weighted by atomic mass is 10.2. The summed E-state index contributed by atoms with van der Waals surface area (Å²) in [6.45, 7) is 1.23. The molecule has 0 atom stereocenters. The Hall–Kier alpha value is -2.14. The van der Waals surface area contributed by atoms with E-state index in [9.17, 15) is 4.39 Å². The fraction of sp³-hybridized carbons (Fsp3) is 0.267. The van der Waals surface area contributed by atoms with Gasteiger partial charge >= 0.3 is 0 Å². The Morgan fingerprint density at radius 1 is 1.05 bits per heavy atom. The van der Waals surface area contributed by atoms with Gasteiger partial charge < -0.3 is 14.8 Å². The van der Waals surface area contributed by atoms with Gasteiger partial charge in [-0.05, 0) is 29.3 Å². The van der Waals surface area contributed by atoms with Gasteiger partial charge in [0.25, 0.3) is 0 Å². The van der Waals surface area contributed by atoms with Gasteiger partial charge in [-0.3, -0.25) is 0 Å². The van der Waals surface area contributed by atoms with Crippen molar-refractivity contribution in [1.29, 1.82) is 0 Å². The summed E-state index contributed by atoms with van der Waals surface area (Å²) in [6.07, 6.45) is 1.70. The molecule has 0 radical (unpaired) electrons. The quantitative estimate of drug-likeness (QED) is 0.880. The predicted octanol–water partition coefficient (Wildman–Crippen LogP) is 2.53. The summed E-state index contributed by atoms with van der Waals surface area (Å²) >= 11 is 0. The maximum atomic E-state index is 13.5. The van der Waals surface area contributed by atoms with E-state index in [-0.39, 0.29) is 11.6 Å². The third kappa shape index (κ3) is 3.68. The van der Waals surface area contributed by atoms with Crippen molar-refractivity contribution in [3.05, 3.63) is 53.5 Å². The van der Waals surface area contributed by atoms with Crippen molar-refractivity contribution >= 4 is 0 Å². The van der Waals surface area contributed by atoms with Gasteiger partial charge in [-0.15, -0.1) is 0 Å². The molecule has 2 rings (SSSR count). The van der Waals surface area contributed by atoms with Crippen LogP contribution in [0.1, 0.15) is 11.1 Å². The van der Waals surface area contributed by atoms with Crippen LogP contribution in [0.2, 0.25) is 0 Å². The zero-order chi connectivity index (χ0) is 14.4. The van der Waals surface area contributed by atoms with Gasteiger partial charge in [0.2, 0.25) is 5.88 Å². The van der Waals surface area contributed by atoms with E-state index in [1.165, 1.54) is 13.2 Å². The number of hydrogen-bond donors (Lipinski definition) is 1. The average molecular weight is 276 g/mol. The van der Waals surface area contributed by atoms with Gasteiger partial charge in [0.05, 0.1) is 14.2 Å². The number of aromatic nitrogens is 1. The molecule has 5 heteroatoms. The summed E-state index contributed by atoms with van der Waals surface area (Å²) in [5, 5.41) is 3.24. The van der Waals surface area contributed by atoms with E-state index in [2.05, 4.69) is 10.3 Å². The summed E-state index contributed by atoms with van der Waals surface area (Å²) in [7, 11) is 3.03. The van der Waals surface area contributed by atoms with Crippen LogP contribution in [0.5, 0.6) is 11.6 Å². The largest absolute Gasteiger partial charge is 0.494 e. The summed E-state index contributed by atoms with van der Waals surface area (Å²) < 4.78 is 23.5. The van der Waals surface area contributed by atoms with Crippen LogP contribution in [-0.2, 0) is 13.1 Å². The van der Waals surface area contributed by atoms with Crippen LogP contribution < -0.4 is 14.8 Å². The minimum Gasteiger partial charge on any atom is -0.494 e. The second-order valence-electron chi connectivity index (χ2n) is 4.28. The van der Waals surface area contributed by atoms with Gasteiger partial charge in [-0.2, -0.15) is 0 Å². The lowest BCUT2D eigenvalue weighted by molar-refractivity contribution is 0.386. The molecule has 4 nitrogen and oxygen atoms in total. The molecule has 0 aliphatic rings. The Kier molecular flexibility index (Phi) is 4.90.